The largest absolute Gasteiger partial charge is 0.150 e. The lowest BCUT2D eigenvalue weighted by Crippen LogP contribution is -2.91. The summed E-state index contributed by atoms with van der Waals surface area (Å²) in [7, 11) is -5.94. The van der Waals surface area contributed by atoms with Crippen molar-refractivity contribution in [3.63, 3.8) is 0 Å². The Morgan fingerprint density at radius 3 is 1.18 bits per heavy atom. The SMILES string of the molecule is Cc1ccc(C[Si](c2ccccc2)(c2ccccc2)[Si](c2ccccc2)(c2ccccc2)c2ccc(C)c3ccccc23)c2ccccc12. The number of fused-ring (bicyclic) bond motifs is 2. The maximum atomic E-state index is 2.52. The fraction of sp³-hybridized carbons (Fsp3) is 0.0638. The van der Waals surface area contributed by atoms with Gasteiger partial charge in [0.1, 0.15) is 7.59 Å². The molecule has 0 fully saturated rings. The number of aryl methyl sites for hydroxylation is 2. The van der Waals surface area contributed by atoms with Gasteiger partial charge in [0.15, 0.2) is 7.59 Å². The highest BCUT2D eigenvalue weighted by atomic mass is 29.3. The molecule has 0 N–H and O–H groups in total. The summed E-state index contributed by atoms with van der Waals surface area (Å²) in [6, 6.07) is 75.4. The average molecular weight is 661 g/mol. The monoisotopic (exact) mass is 660 g/mol. The summed E-state index contributed by atoms with van der Waals surface area (Å²) in [6.45, 7) is 4.51. The lowest BCUT2D eigenvalue weighted by atomic mass is 10.0. The second-order valence-electron chi connectivity index (χ2n) is 13.4. The predicted molar refractivity (Wildman–Crippen MR) is 217 cm³/mol. The number of rotatable bonds is 8. The fourth-order valence-corrected chi connectivity index (χ4v) is 28.7. The van der Waals surface area contributed by atoms with Crippen LogP contribution in [0.2, 0.25) is 0 Å². The zero-order valence-corrected chi connectivity index (χ0v) is 30.2. The Hall–Kier alpha value is -5.29. The van der Waals surface area contributed by atoms with Crippen LogP contribution in [-0.2, 0) is 6.04 Å². The molecule has 0 spiro atoms. The van der Waals surface area contributed by atoms with Gasteiger partial charge in [-0.2, -0.15) is 0 Å². The molecule has 0 aliphatic carbocycles. The van der Waals surface area contributed by atoms with Gasteiger partial charge in [-0.15, -0.1) is 0 Å². The van der Waals surface area contributed by atoms with Crippen LogP contribution in [0.3, 0.4) is 0 Å². The Morgan fingerprint density at radius 2 is 0.694 bits per heavy atom. The van der Waals surface area contributed by atoms with E-state index in [1.807, 2.05) is 0 Å². The quantitative estimate of drug-likeness (QED) is 0.114. The first-order valence-electron chi connectivity index (χ1n) is 17.3. The molecule has 0 unspecified atom stereocenters. The van der Waals surface area contributed by atoms with Crippen molar-refractivity contribution in [2.45, 2.75) is 19.9 Å². The van der Waals surface area contributed by atoms with E-state index >= 15 is 0 Å². The highest BCUT2D eigenvalue weighted by molar-refractivity contribution is 7.63. The van der Waals surface area contributed by atoms with E-state index in [0.717, 1.165) is 6.04 Å². The van der Waals surface area contributed by atoms with Crippen molar-refractivity contribution in [3.05, 3.63) is 211 Å². The van der Waals surface area contributed by atoms with Gasteiger partial charge in [-0.05, 0) is 63.3 Å². The van der Waals surface area contributed by atoms with Gasteiger partial charge >= 0.3 is 0 Å². The van der Waals surface area contributed by atoms with Crippen LogP contribution in [0.5, 0.6) is 0 Å². The van der Waals surface area contributed by atoms with Gasteiger partial charge < -0.3 is 0 Å². The molecule has 8 aromatic rings. The summed E-state index contributed by atoms with van der Waals surface area (Å²) in [5.41, 5.74) is 4.07. The predicted octanol–water partition coefficient (Wildman–Crippen LogP) is 8.20. The molecule has 236 valence electrons. The van der Waals surface area contributed by atoms with Crippen LogP contribution in [-0.4, -0.2) is 15.2 Å². The number of benzene rings is 8. The van der Waals surface area contributed by atoms with E-state index in [1.165, 1.54) is 64.2 Å². The van der Waals surface area contributed by atoms with Crippen LogP contribution in [0.4, 0.5) is 0 Å². The number of hydrogen-bond acceptors (Lipinski definition) is 0. The van der Waals surface area contributed by atoms with Crippen molar-refractivity contribution in [2.75, 3.05) is 0 Å². The van der Waals surface area contributed by atoms with E-state index < -0.39 is 15.2 Å². The smallest absolute Gasteiger partial charge is 0.0628 e. The maximum absolute atomic E-state index is 3.02. The molecular weight excluding hydrogens is 621 g/mol. The normalized spacial score (nSPS) is 12.0. The highest BCUT2D eigenvalue weighted by Gasteiger charge is 2.61. The molecule has 0 nitrogen and oxygen atoms in total. The van der Waals surface area contributed by atoms with E-state index in [4.69, 9.17) is 0 Å². The van der Waals surface area contributed by atoms with Crippen molar-refractivity contribution >= 4 is 62.7 Å². The molecule has 0 amide bonds. The second-order valence-corrected chi connectivity index (χ2v) is 24.7. The molecule has 8 rings (SSSR count). The zero-order valence-electron chi connectivity index (χ0n) is 28.2. The lowest BCUT2D eigenvalue weighted by Gasteiger charge is -2.51. The third kappa shape index (κ3) is 5.02. The van der Waals surface area contributed by atoms with Crippen LogP contribution in [0.15, 0.2) is 194 Å². The van der Waals surface area contributed by atoms with Gasteiger partial charge in [0.25, 0.3) is 0 Å². The number of hydrogen-bond donors (Lipinski definition) is 0. The van der Waals surface area contributed by atoms with Crippen LogP contribution in [0.1, 0.15) is 16.7 Å². The lowest BCUT2D eigenvalue weighted by molar-refractivity contribution is 1.37. The van der Waals surface area contributed by atoms with Gasteiger partial charge in [-0.3, -0.25) is 0 Å². The minimum atomic E-state index is -3.02. The maximum Gasteiger partial charge on any atom is 0.150 e. The van der Waals surface area contributed by atoms with Crippen LogP contribution in [0.25, 0.3) is 21.5 Å². The Morgan fingerprint density at radius 1 is 0.327 bits per heavy atom. The van der Waals surface area contributed by atoms with Crippen molar-refractivity contribution in [2.24, 2.45) is 0 Å². The first-order valence-corrected chi connectivity index (χ1v) is 22.5. The second kappa shape index (κ2) is 13.0. The summed E-state index contributed by atoms with van der Waals surface area (Å²) in [4.78, 5) is 0. The average Bonchev–Trinajstić information content (AvgIpc) is 3.18. The van der Waals surface area contributed by atoms with Crippen molar-refractivity contribution < 1.29 is 0 Å². The summed E-state index contributed by atoms with van der Waals surface area (Å²) >= 11 is 0. The van der Waals surface area contributed by atoms with E-state index in [9.17, 15) is 0 Å². The standard InChI is InChI=1S/C47H40Si2/c1-36-31-33-38(45-29-17-15-27-43(36)45)35-48(39-19-7-3-8-20-39,40-21-9-4-10-22-40)49(41-23-11-5-12-24-41,42-25-13-6-14-26-42)47-34-32-37(2)44-28-16-18-30-46(44)47/h3-34H,35H2,1-2H3. The first-order chi connectivity index (χ1) is 24.1. The molecule has 2 heteroatoms. The van der Waals surface area contributed by atoms with Crippen LogP contribution >= 0.6 is 0 Å². The van der Waals surface area contributed by atoms with Crippen LogP contribution < -0.4 is 25.9 Å². The molecule has 0 radical (unpaired) electrons. The summed E-state index contributed by atoms with van der Waals surface area (Å²) in [5.74, 6) is 0. The summed E-state index contributed by atoms with van der Waals surface area (Å²) < 4.78 is 0. The Labute approximate surface area is 292 Å². The molecule has 0 saturated heterocycles. The molecule has 0 aliphatic heterocycles. The van der Waals surface area contributed by atoms with E-state index in [1.54, 1.807) is 0 Å². The van der Waals surface area contributed by atoms with Crippen molar-refractivity contribution in [3.8, 4) is 0 Å². The molecule has 0 heterocycles. The molecule has 8 aromatic carbocycles. The third-order valence-electron chi connectivity index (χ3n) is 10.8. The van der Waals surface area contributed by atoms with E-state index in [2.05, 4.69) is 208 Å². The van der Waals surface area contributed by atoms with Gasteiger partial charge in [0.2, 0.25) is 0 Å². The van der Waals surface area contributed by atoms with Gasteiger partial charge in [0, 0.05) is 0 Å². The summed E-state index contributed by atoms with van der Waals surface area (Å²) in [5, 5.41) is 12.8. The minimum Gasteiger partial charge on any atom is -0.0628 e. The van der Waals surface area contributed by atoms with Gasteiger partial charge in [-0.1, -0.05) is 215 Å². The molecule has 0 saturated carbocycles. The molecule has 0 atom stereocenters. The highest BCUT2D eigenvalue weighted by Crippen LogP contribution is 2.32. The molecule has 0 aromatic heterocycles. The van der Waals surface area contributed by atoms with Crippen molar-refractivity contribution in [1.29, 1.82) is 0 Å². The third-order valence-corrected chi connectivity index (χ3v) is 27.9. The molecule has 0 bridgehead atoms. The Balaban J connectivity index is 1.65. The van der Waals surface area contributed by atoms with Gasteiger partial charge in [0.05, 0.1) is 0 Å². The molecule has 0 aliphatic rings. The molecular formula is C47H40Si2. The van der Waals surface area contributed by atoms with E-state index in [0.29, 0.717) is 0 Å². The van der Waals surface area contributed by atoms with Gasteiger partial charge in [-0.25, -0.2) is 0 Å². The van der Waals surface area contributed by atoms with Crippen molar-refractivity contribution in [1.82, 2.24) is 0 Å². The van der Waals surface area contributed by atoms with Crippen LogP contribution in [0, 0.1) is 13.8 Å². The minimum absolute atomic E-state index is 0.972. The first kappa shape index (κ1) is 31.0. The Kier molecular flexibility index (Phi) is 8.21. The zero-order chi connectivity index (χ0) is 33.3. The molecule has 49 heavy (non-hydrogen) atoms. The summed E-state index contributed by atoms with van der Waals surface area (Å²) in [6.07, 6.45) is 0. The van der Waals surface area contributed by atoms with E-state index in [-0.39, 0.29) is 0 Å². The Bertz CT molecular complexity index is 2290. The fourth-order valence-electron chi connectivity index (χ4n) is 8.69. The topological polar surface area (TPSA) is 0 Å².